The molecule has 0 unspecified atom stereocenters. The molecule has 0 radical (unpaired) electrons. The highest BCUT2D eigenvalue weighted by atomic mass is 16.5. The van der Waals surface area contributed by atoms with Gasteiger partial charge in [-0.15, -0.1) is 0 Å². The topological polar surface area (TPSA) is 82.8 Å². The molecule has 0 aliphatic heterocycles. The minimum atomic E-state index is -0.483. The van der Waals surface area contributed by atoms with E-state index in [1.165, 1.54) is 0 Å². The van der Waals surface area contributed by atoms with E-state index in [4.69, 9.17) is 9.15 Å². The zero-order chi connectivity index (χ0) is 19.5. The lowest BCUT2D eigenvalue weighted by atomic mass is 10.1. The Morgan fingerprint density at radius 2 is 1.74 bits per heavy atom. The van der Waals surface area contributed by atoms with E-state index in [9.17, 15) is 14.4 Å². The van der Waals surface area contributed by atoms with Gasteiger partial charge in [-0.25, -0.2) is 4.79 Å². The second kappa shape index (κ2) is 10.6. The minimum Gasteiger partial charge on any atom is -0.468 e. The Morgan fingerprint density at radius 3 is 2.44 bits per heavy atom. The first kappa shape index (κ1) is 19.9. The average molecular weight is 368 g/mol. The van der Waals surface area contributed by atoms with Crippen LogP contribution in [0.1, 0.15) is 17.7 Å². The van der Waals surface area contributed by atoms with Gasteiger partial charge in [-0.2, -0.15) is 0 Å². The van der Waals surface area contributed by atoms with Crippen LogP contribution < -0.4 is 10.4 Å². The van der Waals surface area contributed by atoms with Crippen LogP contribution in [0, 0.1) is 6.92 Å². The van der Waals surface area contributed by atoms with Crippen LogP contribution in [0.5, 0.6) is 5.75 Å². The predicted molar refractivity (Wildman–Crippen MR) is 99.8 cm³/mol. The zero-order valence-corrected chi connectivity index (χ0v) is 14.9. The smallest absolute Gasteiger partial charge is 0.343 e. The van der Waals surface area contributed by atoms with Crippen LogP contribution in [0.3, 0.4) is 0 Å². The Hall–Kier alpha value is -3.41. The molecule has 0 atom stereocenters. The van der Waals surface area contributed by atoms with Crippen molar-refractivity contribution >= 4 is 12.9 Å². The molecule has 0 aliphatic rings. The van der Waals surface area contributed by atoms with Gasteiger partial charge < -0.3 is 13.9 Å². The highest BCUT2D eigenvalue weighted by molar-refractivity contribution is 5.62. The molecule has 6 nitrogen and oxygen atoms in total. The number of hydrogen-bond acceptors (Lipinski definition) is 6. The first-order chi connectivity index (χ1) is 13.1. The van der Waals surface area contributed by atoms with E-state index in [0.29, 0.717) is 55.0 Å². The van der Waals surface area contributed by atoms with Gasteiger partial charge in [-0.05, 0) is 55.2 Å². The molecule has 0 saturated heterocycles. The van der Waals surface area contributed by atoms with E-state index < -0.39 is 5.63 Å². The molecule has 140 valence electrons. The molecule has 0 spiro atoms. The highest BCUT2D eigenvalue weighted by Crippen LogP contribution is 2.19. The maximum absolute atomic E-state index is 12.5. The average Bonchev–Trinajstić information content (AvgIpc) is 2.65. The van der Waals surface area contributed by atoms with Crippen molar-refractivity contribution in [2.24, 2.45) is 0 Å². The molecule has 0 fully saturated rings. The first-order valence-electron chi connectivity index (χ1n) is 8.38. The van der Waals surface area contributed by atoms with Crippen LogP contribution in [0.2, 0.25) is 0 Å². The molecule has 0 N–H and O–H groups in total. The Kier molecular flexibility index (Phi) is 7.78. The van der Waals surface area contributed by atoms with Gasteiger partial charge in [0.1, 0.15) is 11.5 Å². The number of ether oxygens (including phenoxy) is 2. The van der Waals surface area contributed by atoms with Gasteiger partial charge in [0.15, 0.2) is 0 Å². The number of aryl methyl sites for hydroxylation is 2. The Labute approximate surface area is 156 Å². The monoisotopic (exact) mass is 368 g/mol. The minimum absolute atomic E-state index is 0.338. The van der Waals surface area contributed by atoms with E-state index in [-0.39, 0.29) is 0 Å². The third kappa shape index (κ3) is 6.43. The fraction of sp³-hybridized carbons (Fsp3) is 0.190. The lowest BCUT2D eigenvalue weighted by molar-refractivity contribution is -0.128. The summed E-state index contributed by atoms with van der Waals surface area (Å²) < 4.78 is 14.9. The third-order valence-corrected chi connectivity index (χ3v) is 3.69. The van der Waals surface area contributed by atoms with E-state index in [0.717, 1.165) is 5.56 Å². The number of rotatable bonds is 8. The summed E-state index contributed by atoms with van der Waals surface area (Å²) in [5.41, 5.74) is 1.50. The summed E-state index contributed by atoms with van der Waals surface area (Å²) in [5.74, 6) is 0.852. The Bertz CT molecular complexity index is 882. The van der Waals surface area contributed by atoms with E-state index >= 15 is 0 Å². The van der Waals surface area contributed by atoms with Crippen molar-refractivity contribution in [1.82, 2.24) is 0 Å². The lowest BCUT2D eigenvalue weighted by Crippen LogP contribution is -2.01. The predicted octanol–water partition coefficient (Wildman–Crippen LogP) is 3.38. The van der Waals surface area contributed by atoms with Gasteiger partial charge in [0.2, 0.25) is 0 Å². The van der Waals surface area contributed by atoms with Crippen LogP contribution >= 0.6 is 0 Å². The molecule has 0 amide bonds. The van der Waals surface area contributed by atoms with Crippen LogP contribution in [0.15, 0.2) is 63.8 Å². The summed E-state index contributed by atoms with van der Waals surface area (Å²) in [6.07, 6.45) is 1.36. The van der Waals surface area contributed by atoms with Gasteiger partial charge in [-0.1, -0.05) is 30.3 Å². The fourth-order valence-electron chi connectivity index (χ4n) is 2.48. The maximum Gasteiger partial charge on any atom is 0.343 e. The van der Waals surface area contributed by atoms with E-state index in [1.807, 2.05) is 12.1 Å². The zero-order valence-electron chi connectivity index (χ0n) is 14.9. The Morgan fingerprint density at radius 1 is 1.00 bits per heavy atom. The molecule has 1 aromatic heterocycles. The van der Waals surface area contributed by atoms with Crippen molar-refractivity contribution in [3.63, 3.8) is 0 Å². The van der Waals surface area contributed by atoms with Crippen molar-refractivity contribution in [3.8, 4) is 16.9 Å². The van der Waals surface area contributed by atoms with E-state index in [1.54, 1.807) is 49.4 Å². The number of benzene rings is 1. The molecule has 2 aromatic rings. The number of hydrogen-bond donors (Lipinski definition) is 0. The molecule has 6 heteroatoms. The van der Waals surface area contributed by atoms with E-state index in [2.05, 4.69) is 4.74 Å². The summed E-state index contributed by atoms with van der Waals surface area (Å²) in [6, 6.07) is 15.5. The molecule has 0 bridgehead atoms. The molecule has 1 aromatic carbocycles. The third-order valence-electron chi connectivity index (χ3n) is 3.69. The van der Waals surface area contributed by atoms with Gasteiger partial charge in [0.05, 0.1) is 12.2 Å². The SMILES string of the molecule is Cc1cc(CCCOC=O)ccccc(-c2ccc(OC=O)cc2)c(=O)o1. The van der Waals surface area contributed by atoms with Crippen molar-refractivity contribution in [3.05, 3.63) is 76.3 Å². The van der Waals surface area contributed by atoms with Crippen molar-refractivity contribution in [2.45, 2.75) is 19.8 Å². The molecular weight excluding hydrogens is 348 g/mol. The van der Waals surface area contributed by atoms with Crippen molar-refractivity contribution in [1.29, 1.82) is 0 Å². The summed E-state index contributed by atoms with van der Waals surface area (Å²) >= 11 is 0. The standard InChI is InChI=1S/C21H20O6/c1-16-13-17(6-4-12-25-14-22)5-2-3-7-20(21(24)27-16)18-8-10-19(11-9-18)26-15-23/h2-3,5,7-11,13-15H,4,6,12H2,1H3. The summed E-state index contributed by atoms with van der Waals surface area (Å²) in [4.78, 5) is 33.1. The second-order valence-corrected chi connectivity index (χ2v) is 5.66. The molecule has 1 heterocycles. The highest BCUT2D eigenvalue weighted by Gasteiger charge is 2.03. The van der Waals surface area contributed by atoms with Crippen molar-refractivity contribution in [2.75, 3.05) is 6.61 Å². The quantitative estimate of drug-likeness (QED) is 0.525. The van der Waals surface area contributed by atoms with Crippen LogP contribution in [-0.4, -0.2) is 19.6 Å². The molecule has 2 rings (SSSR count). The number of carbonyl (C=O) groups excluding carboxylic acids is 2. The second-order valence-electron chi connectivity index (χ2n) is 5.66. The first-order valence-corrected chi connectivity index (χ1v) is 8.38. The van der Waals surface area contributed by atoms with Crippen molar-refractivity contribution < 1.29 is 23.5 Å². The summed E-state index contributed by atoms with van der Waals surface area (Å²) in [5, 5.41) is 0. The van der Waals surface area contributed by atoms with Gasteiger partial charge in [0.25, 0.3) is 12.9 Å². The molecule has 0 saturated carbocycles. The normalized spacial score (nSPS) is 9.81. The largest absolute Gasteiger partial charge is 0.468 e. The summed E-state index contributed by atoms with van der Waals surface area (Å²) in [6.45, 7) is 2.81. The molecule has 0 aliphatic carbocycles. The number of carbonyl (C=O) groups is 2. The van der Waals surface area contributed by atoms with Crippen LogP contribution in [0.25, 0.3) is 11.1 Å². The van der Waals surface area contributed by atoms with Crippen LogP contribution in [-0.2, 0) is 20.7 Å². The Balaban J connectivity index is 2.36. The fourth-order valence-corrected chi connectivity index (χ4v) is 2.48. The molecular formula is C21H20O6. The lowest BCUT2D eigenvalue weighted by Gasteiger charge is -2.02. The van der Waals surface area contributed by atoms with Crippen LogP contribution in [0.4, 0.5) is 0 Å². The van der Waals surface area contributed by atoms with Gasteiger partial charge in [-0.3, -0.25) is 9.59 Å². The van der Waals surface area contributed by atoms with Gasteiger partial charge in [0, 0.05) is 0 Å². The summed E-state index contributed by atoms with van der Waals surface area (Å²) in [7, 11) is 0. The maximum atomic E-state index is 12.5. The molecule has 27 heavy (non-hydrogen) atoms. The van der Waals surface area contributed by atoms with Gasteiger partial charge >= 0.3 is 5.63 Å².